The van der Waals surface area contributed by atoms with Crippen LogP contribution >= 0.6 is 0 Å². The molecule has 756 valence electrons. The minimum Gasteiger partial charge on any atom is -0.508 e. The van der Waals surface area contributed by atoms with E-state index in [2.05, 4.69) is 100 Å². The van der Waals surface area contributed by atoms with E-state index in [1.165, 1.54) is 68.0 Å². The number of hydrogen-bond donors (Lipinski definition) is 31. The van der Waals surface area contributed by atoms with Gasteiger partial charge in [-0.1, -0.05) is 79.7 Å². The number of aliphatic hydroxyl groups is 1. The number of benzene rings is 2. The predicted octanol–water partition coefficient (Wildman–Crippen LogP) is -6.23. The van der Waals surface area contributed by atoms with Crippen molar-refractivity contribution < 1.29 is 96.8 Å². The average Bonchev–Trinajstić information content (AvgIpc) is 1.04. The smallest absolute Gasteiger partial charge is 0.245 e. The molecule has 17 amide bonds. The van der Waals surface area contributed by atoms with Crippen molar-refractivity contribution in [1.82, 2.24) is 100 Å². The van der Waals surface area contributed by atoms with Crippen LogP contribution in [0.5, 0.6) is 11.5 Å². The standard InChI is InChI=1S/C87H143N29O20/c1-44(2)34-61(109-72(124)55(103-49(10)118)16-11-12-30-88)77(129)105-57(18-14-32-100-86(94)95)75(127)114-66(40-52-42-98-43-102-52)81(133)113-65(39-51-22-26-54(120)27-23-51)80(132)110-63(36-46(5)6)79(131)115-67(41-69(90)122)82(134)111-62(35-45(3)4)78(130)112-64(37-47(7)8)83(135)116-70(48(9)117)84(136)107-58(19-15-33-101-87(96)97)73(125)106-59(28-29-68(89)121)76(128)104-56(17-13-31-99-85(92)93)74(126)108-60(71(91)123)38-50-20-24-53(119)25-21-50/h20-27,42-48,55-67,70,117,119-120H,11-19,28-41,88H2,1-10H3,(H2,89,121)(H2,90,122)(H2,91,123)(H,98,102)(H,103,118)(H,104,128)(H,105,129)(H,106,125)(H,107,136)(H,108,126)(H,109,124)(H,110,132)(H,111,134)(H,112,130)(H,113,133)(H,114,127)(H,115,131)(H,116,135)(H4,92,93,99)(H4,94,95,100)(H4,96,97,101)/t48-,55+,56+,57+,58+,59+,60+,61+,62+,63+,64+,65+,66+,67+,70+/m1/s1. The van der Waals surface area contributed by atoms with Crippen molar-refractivity contribution in [2.75, 3.05) is 26.2 Å². The van der Waals surface area contributed by atoms with Gasteiger partial charge in [0.05, 0.1) is 18.9 Å². The molecule has 2 aromatic carbocycles. The Hall–Kier alpha value is -14.0. The Balaban J connectivity index is 2.04. The van der Waals surface area contributed by atoms with E-state index in [9.17, 15) is 87.2 Å². The van der Waals surface area contributed by atoms with Crippen molar-refractivity contribution in [2.24, 2.45) is 63.8 Å². The van der Waals surface area contributed by atoms with Gasteiger partial charge in [0, 0.05) is 64.1 Å². The van der Waals surface area contributed by atoms with Crippen molar-refractivity contribution in [2.45, 2.75) is 282 Å². The fraction of sp³-hybridized carbons (Fsp3) is 0.598. The molecule has 0 radical (unpaired) electrons. The van der Waals surface area contributed by atoms with Crippen LogP contribution < -0.4 is 131 Å². The van der Waals surface area contributed by atoms with E-state index in [0.29, 0.717) is 36.2 Å². The molecule has 0 aliphatic heterocycles. The van der Waals surface area contributed by atoms with Crippen LogP contribution in [-0.4, -0.2) is 260 Å². The number of aliphatic hydroxyl groups excluding tert-OH is 1. The van der Waals surface area contributed by atoms with Crippen LogP contribution in [0, 0.1) is 39.9 Å². The molecule has 0 spiro atoms. The van der Waals surface area contributed by atoms with E-state index in [-0.39, 0.29) is 127 Å². The van der Waals surface area contributed by atoms with E-state index in [4.69, 9.17) is 56.4 Å². The summed E-state index contributed by atoms with van der Waals surface area (Å²) in [5, 5.41) is 98.2. The highest BCUT2D eigenvalue weighted by Crippen LogP contribution is 2.19. The average molecular weight is 1920 g/mol. The van der Waals surface area contributed by atoms with E-state index in [1.54, 1.807) is 55.4 Å². The zero-order valence-electron chi connectivity index (χ0n) is 78.8. The lowest BCUT2D eigenvalue weighted by molar-refractivity contribution is -0.138. The summed E-state index contributed by atoms with van der Waals surface area (Å²) in [6.45, 7) is 16.3. The van der Waals surface area contributed by atoms with Crippen LogP contribution in [0.15, 0.2) is 61.1 Å². The fourth-order valence-corrected chi connectivity index (χ4v) is 14.1. The monoisotopic (exact) mass is 1910 g/mol. The van der Waals surface area contributed by atoms with E-state index in [0.717, 1.165) is 6.92 Å². The number of nitrogens with two attached hydrogens (primary N) is 7. The van der Waals surface area contributed by atoms with Gasteiger partial charge in [0.25, 0.3) is 0 Å². The Morgan fingerprint density at radius 2 is 0.647 bits per heavy atom. The number of primary amides is 3. The van der Waals surface area contributed by atoms with Gasteiger partial charge < -0.3 is 151 Å². The number of hydrogen-bond acceptors (Lipinski definition) is 25. The van der Waals surface area contributed by atoms with Crippen LogP contribution in [0.1, 0.15) is 189 Å². The van der Waals surface area contributed by atoms with Gasteiger partial charge in [0.2, 0.25) is 100 Å². The summed E-state index contributed by atoms with van der Waals surface area (Å²) in [6.07, 6.45) is -1.76. The Kier molecular flexibility index (Phi) is 51.5. The number of rotatable bonds is 64. The van der Waals surface area contributed by atoms with Crippen molar-refractivity contribution >= 4 is 118 Å². The van der Waals surface area contributed by atoms with Gasteiger partial charge in [-0.2, -0.15) is 0 Å². The Morgan fingerprint density at radius 3 is 0.971 bits per heavy atom. The third-order valence-electron chi connectivity index (χ3n) is 20.9. The maximum atomic E-state index is 15.1. The minimum absolute atomic E-state index is 0.0119. The zero-order valence-corrected chi connectivity index (χ0v) is 78.8. The number of guanidine groups is 3. The number of amides is 17. The lowest BCUT2D eigenvalue weighted by atomic mass is 9.98. The molecule has 3 rings (SSSR count). The molecule has 136 heavy (non-hydrogen) atoms. The molecule has 0 saturated heterocycles. The first-order valence-electron chi connectivity index (χ1n) is 45.2. The van der Waals surface area contributed by atoms with E-state index < -0.39 is 246 Å². The number of nitrogens with one attached hydrogen (secondary N) is 21. The van der Waals surface area contributed by atoms with Crippen LogP contribution in [0.3, 0.4) is 0 Å². The second-order valence-electron chi connectivity index (χ2n) is 35.1. The van der Waals surface area contributed by atoms with Crippen LogP contribution in [0.4, 0.5) is 0 Å². The van der Waals surface area contributed by atoms with E-state index >= 15 is 9.59 Å². The summed E-state index contributed by atoms with van der Waals surface area (Å²) in [4.78, 5) is 247. The van der Waals surface area contributed by atoms with Gasteiger partial charge in [-0.15, -0.1) is 0 Å². The molecular formula is C87H143N29O20. The number of unbranched alkanes of at least 4 members (excludes halogenated alkanes) is 1. The Morgan fingerprint density at radius 1 is 0.353 bits per heavy atom. The first-order valence-corrected chi connectivity index (χ1v) is 45.2. The van der Waals surface area contributed by atoms with Gasteiger partial charge in [0.15, 0.2) is 17.9 Å². The molecule has 38 N–H and O–H groups in total. The number of phenols is 2. The number of aromatic nitrogens is 2. The number of imidazole rings is 1. The van der Waals surface area contributed by atoms with Gasteiger partial charge in [-0.3, -0.25) is 97.7 Å². The van der Waals surface area contributed by atoms with Crippen molar-refractivity contribution in [3.8, 4) is 11.5 Å². The molecule has 15 atom stereocenters. The van der Waals surface area contributed by atoms with Crippen LogP contribution in [0.25, 0.3) is 0 Å². The largest absolute Gasteiger partial charge is 0.508 e. The number of carbonyl (C=O) groups excluding carboxylic acids is 17. The topological polar surface area (TPSA) is 838 Å². The van der Waals surface area contributed by atoms with Crippen molar-refractivity contribution in [1.29, 1.82) is 16.2 Å². The molecule has 1 aromatic heterocycles. The van der Waals surface area contributed by atoms with Crippen molar-refractivity contribution in [3.05, 3.63) is 77.9 Å². The summed E-state index contributed by atoms with van der Waals surface area (Å²) < 4.78 is 0. The molecule has 0 saturated carbocycles. The first kappa shape index (κ1) is 116. The highest BCUT2D eigenvalue weighted by molar-refractivity contribution is 6.01. The number of H-pyrrole nitrogens is 1. The maximum absolute atomic E-state index is 15.1. The summed E-state index contributed by atoms with van der Waals surface area (Å²) in [5.41, 5.74) is 40.3. The van der Waals surface area contributed by atoms with Crippen LogP contribution in [-0.2, 0) is 101 Å². The third-order valence-corrected chi connectivity index (χ3v) is 20.9. The zero-order chi connectivity index (χ0) is 102. The number of nitrogens with zero attached hydrogens (tertiary/aromatic N) is 1. The minimum atomic E-state index is -1.95. The number of aromatic hydroxyl groups is 2. The lowest BCUT2D eigenvalue weighted by Crippen LogP contribution is -2.62. The van der Waals surface area contributed by atoms with E-state index in [1.807, 2.05) is 0 Å². The molecule has 0 bridgehead atoms. The second kappa shape index (κ2) is 60.3. The SMILES string of the molecule is CC(=O)N[C@@H](CCCCN)C(=O)N[C@@H](CC(C)C)C(=O)N[C@@H](CCCNC(=N)N)C(=O)N[C@@H](Cc1cnc[nH]1)C(=O)N[C@@H](Cc1ccc(O)cc1)C(=O)N[C@@H](CC(C)C)C(=O)N[C@@H](CC(N)=O)C(=O)N[C@@H](CC(C)C)C(=O)N[C@@H](CC(C)C)C(=O)N[C@H](C(=O)N[C@@H](CCCNC(=N)N)C(=O)N[C@@H](CCC(N)=O)C(=O)N[C@@H](CCCNC(=N)N)C(=O)N[C@@H](Cc1ccc(O)cc1)C(N)=O)[C@@H](C)O. The molecule has 0 fully saturated rings. The highest BCUT2D eigenvalue weighted by atomic mass is 16.3. The number of carbonyl (C=O) groups is 17. The number of phenolic OH excluding ortho intramolecular Hbond substituents is 2. The normalized spacial score (nSPS) is 14.5. The summed E-state index contributed by atoms with van der Waals surface area (Å²) in [6, 6.07) is -10.8. The Labute approximate surface area is 789 Å². The van der Waals surface area contributed by atoms with Gasteiger partial charge in [0.1, 0.15) is 96.1 Å². The first-order chi connectivity index (χ1) is 63.9. The Bertz CT molecular complexity index is 4480. The molecule has 49 nitrogen and oxygen atoms in total. The predicted molar refractivity (Wildman–Crippen MR) is 500 cm³/mol. The third kappa shape index (κ3) is 46.1. The highest BCUT2D eigenvalue weighted by Gasteiger charge is 2.40. The molecule has 3 aromatic rings. The van der Waals surface area contributed by atoms with Gasteiger partial charge in [-0.05, 0) is 162 Å². The molecule has 1 heterocycles. The summed E-state index contributed by atoms with van der Waals surface area (Å²) in [7, 11) is 0. The molecule has 0 aliphatic carbocycles. The summed E-state index contributed by atoms with van der Waals surface area (Å²) in [5.74, 6) is -19.8. The summed E-state index contributed by atoms with van der Waals surface area (Å²) >= 11 is 0. The quantitative estimate of drug-likeness (QED) is 0.0142. The van der Waals surface area contributed by atoms with Gasteiger partial charge in [-0.25, -0.2) is 4.98 Å². The van der Waals surface area contributed by atoms with Crippen molar-refractivity contribution in [3.63, 3.8) is 0 Å². The van der Waals surface area contributed by atoms with Crippen LogP contribution in [0.2, 0.25) is 0 Å². The maximum Gasteiger partial charge on any atom is 0.245 e. The molecular weight excluding hydrogens is 1770 g/mol. The molecule has 49 heteroatoms. The molecule has 0 aliphatic rings. The van der Waals surface area contributed by atoms with Gasteiger partial charge >= 0.3 is 0 Å². The second-order valence-corrected chi connectivity index (χ2v) is 35.1. The fourth-order valence-electron chi connectivity index (χ4n) is 14.1. The number of aromatic amines is 1. The molecule has 0 unspecified atom stereocenters. The lowest BCUT2D eigenvalue weighted by Gasteiger charge is -2.30.